The van der Waals surface area contributed by atoms with E-state index in [1.807, 2.05) is 0 Å². The van der Waals surface area contributed by atoms with E-state index in [-0.39, 0.29) is 5.97 Å². The molecular formula is C15H14Cl2N2O2. The van der Waals surface area contributed by atoms with Gasteiger partial charge in [-0.2, -0.15) is 5.10 Å². The van der Waals surface area contributed by atoms with Crippen LogP contribution in [-0.2, 0) is 4.74 Å². The van der Waals surface area contributed by atoms with E-state index in [4.69, 9.17) is 27.9 Å². The Morgan fingerprint density at radius 2 is 2.19 bits per heavy atom. The molecule has 0 saturated heterocycles. The molecule has 110 valence electrons. The summed E-state index contributed by atoms with van der Waals surface area (Å²) >= 11 is 12.2. The van der Waals surface area contributed by atoms with E-state index in [1.165, 1.54) is 0 Å². The third kappa shape index (κ3) is 2.78. The molecule has 21 heavy (non-hydrogen) atoms. The molecule has 0 amide bonds. The second-order valence-electron chi connectivity index (χ2n) is 4.95. The van der Waals surface area contributed by atoms with E-state index in [1.54, 1.807) is 36.0 Å². The van der Waals surface area contributed by atoms with Gasteiger partial charge in [0.1, 0.15) is 5.56 Å². The van der Waals surface area contributed by atoms with Gasteiger partial charge in [0.25, 0.3) is 0 Å². The zero-order valence-corrected chi connectivity index (χ0v) is 13.0. The first-order valence-corrected chi connectivity index (χ1v) is 7.58. The molecule has 1 aliphatic rings. The van der Waals surface area contributed by atoms with Gasteiger partial charge in [0.15, 0.2) is 0 Å². The van der Waals surface area contributed by atoms with Gasteiger partial charge in [-0.05, 0) is 38.0 Å². The summed E-state index contributed by atoms with van der Waals surface area (Å²) in [6.07, 6.45) is 3.64. The highest BCUT2D eigenvalue weighted by molar-refractivity contribution is 6.35. The molecule has 0 atom stereocenters. The second-order valence-corrected chi connectivity index (χ2v) is 5.79. The zero-order chi connectivity index (χ0) is 15.0. The van der Waals surface area contributed by atoms with Crippen LogP contribution in [0.2, 0.25) is 10.0 Å². The standard InChI is InChI=1S/C15H14Cl2N2O2/c1-2-21-15(20)11-8-18-19(14(11)9-3-4-9)13-6-5-10(16)7-12(13)17/h5-9H,2-4H2,1H3. The molecule has 0 bridgehead atoms. The third-order valence-electron chi connectivity index (χ3n) is 3.40. The molecule has 1 fully saturated rings. The smallest absolute Gasteiger partial charge is 0.341 e. The van der Waals surface area contributed by atoms with Crippen LogP contribution in [0.3, 0.4) is 0 Å². The SMILES string of the molecule is CCOC(=O)c1cnn(-c2ccc(Cl)cc2Cl)c1C1CC1. The van der Waals surface area contributed by atoms with Gasteiger partial charge in [-0.25, -0.2) is 9.48 Å². The highest BCUT2D eigenvalue weighted by Gasteiger charge is 2.33. The van der Waals surface area contributed by atoms with Gasteiger partial charge in [0.2, 0.25) is 0 Å². The average molecular weight is 325 g/mol. The third-order valence-corrected chi connectivity index (χ3v) is 3.94. The van der Waals surface area contributed by atoms with Crippen LogP contribution in [0.5, 0.6) is 0 Å². The Morgan fingerprint density at radius 1 is 1.43 bits per heavy atom. The van der Waals surface area contributed by atoms with Gasteiger partial charge in [-0.1, -0.05) is 23.2 Å². The molecule has 2 aromatic rings. The molecule has 4 nitrogen and oxygen atoms in total. The molecule has 6 heteroatoms. The molecule has 0 unspecified atom stereocenters. The van der Waals surface area contributed by atoms with E-state index in [9.17, 15) is 4.79 Å². The number of ether oxygens (including phenoxy) is 1. The van der Waals surface area contributed by atoms with Gasteiger partial charge >= 0.3 is 5.97 Å². The van der Waals surface area contributed by atoms with Gasteiger partial charge < -0.3 is 4.74 Å². The Hall–Kier alpha value is -1.52. The van der Waals surface area contributed by atoms with E-state index >= 15 is 0 Å². The number of benzene rings is 1. The molecule has 1 saturated carbocycles. The highest BCUT2D eigenvalue weighted by atomic mass is 35.5. The van der Waals surface area contributed by atoms with Gasteiger partial charge in [0, 0.05) is 10.9 Å². The lowest BCUT2D eigenvalue weighted by molar-refractivity contribution is 0.0525. The van der Waals surface area contributed by atoms with Crippen molar-refractivity contribution in [3.63, 3.8) is 0 Å². The van der Waals surface area contributed by atoms with Gasteiger partial charge in [-0.15, -0.1) is 0 Å². The molecule has 1 heterocycles. The number of hydrogen-bond acceptors (Lipinski definition) is 3. The number of esters is 1. The fourth-order valence-corrected chi connectivity index (χ4v) is 2.81. The minimum Gasteiger partial charge on any atom is -0.462 e. The topological polar surface area (TPSA) is 44.1 Å². The molecule has 1 aliphatic carbocycles. The second kappa shape index (κ2) is 5.70. The molecule has 0 spiro atoms. The van der Waals surface area contributed by atoms with Crippen LogP contribution in [-0.4, -0.2) is 22.4 Å². The number of carbonyl (C=O) groups is 1. The van der Waals surface area contributed by atoms with Crippen LogP contribution in [0.25, 0.3) is 5.69 Å². The van der Waals surface area contributed by atoms with Crippen LogP contribution in [0, 0.1) is 0 Å². The van der Waals surface area contributed by atoms with Crippen molar-refractivity contribution in [2.45, 2.75) is 25.7 Å². The van der Waals surface area contributed by atoms with Gasteiger partial charge in [0.05, 0.1) is 29.2 Å². The lowest BCUT2D eigenvalue weighted by Gasteiger charge is -2.10. The summed E-state index contributed by atoms with van der Waals surface area (Å²) in [7, 11) is 0. The Kier molecular flexibility index (Phi) is 3.91. The van der Waals surface area contributed by atoms with Crippen molar-refractivity contribution in [3.05, 3.63) is 45.7 Å². The Labute approximate surface area is 132 Å². The first kappa shape index (κ1) is 14.4. The summed E-state index contributed by atoms with van der Waals surface area (Å²) in [6, 6.07) is 5.23. The molecule has 0 N–H and O–H groups in total. The quantitative estimate of drug-likeness (QED) is 0.790. The molecule has 3 rings (SSSR count). The van der Waals surface area contributed by atoms with Crippen LogP contribution < -0.4 is 0 Å². The van der Waals surface area contributed by atoms with Crippen molar-refractivity contribution in [2.75, 3.05) is 6.61 Å². The lowest BCUT2D eigenvalue weighted by Crippen LogP contribution is -2.09. The summed E-state index contributed by atoms with van der Waals surface area (Å²) in [4.78, 5) is 12.1. The Bertz CT molecular complexity index is 693. The van der Waals surface area contributed by atoms with E-state index in [0.29, 0.717) is 28.1 Å². The van der Waals surface area contributed by atoms with Gasteiger partial charge in [-0.3, -0.25) is 0 Å². The van der Waals surface area contributed by atoms with Crippen molar-refractivity contribution in [1.82, 2.24) is 9.78 Å². The molecular weight excluding hydrogens is 311 g/mol. The van der Waals surface area contributed by atoms with Crippen LogP contribution in [0.4, 0.5) is 0 Å². The maximum atomic E-state index is 12.1. The van der Waals surface area contributed by atoms with Crippen LogP contribution >= 0.6 is 23.2 Å². The van der Waals surface area contributed by atoms with Crippen molar-refractivity contribution in [1.29, 1.82) is 0 Å². The van der Waals surface area contributed by atoms with E-state index in [0.717, 1.165) is 24.2 Å². The molecule has 1 aromatic heterocycles. The number of aromatic nitrogens is 2. The fraction of sp³-hybridized carbons (Fsp3) is 0.333. The van der Waals surface area contributed by atoms with E-state index < -0.39 is 0 Å². The minimum absolute atomic E-state index is 0.332. The fourth-order valence-electron chi connectivity index (χ4n) is 2.32. The molecule has 1 aromatic carbocycles. The summed E-state index contributed by atoms with van der Waals surface area (Å²) in [5.41, 5.74) is 2.11. The Balaban J connectivity index is 2.08. The van der Waals surface area contributed by atoms with Crippen molar-refractivity contribution >= 4 is 29.2 Å². The lowest BCUT2D eigenvalue weighted by atomic mass is 10.1. The monoisotopic (exact) mass is 324 g/mol. The predicted octanol–water partition coefficient (Wildman–Crippen LogP) is 4.23. The van der Waals surface area contributed by atoms with Crippen molar-refractivity contribution in [2.24, 2.45) is 0 Å². The maximum Gasteiger partial charge on any atom is 0.341 e. The summed E-state index contributed by atoms with van der Waals surface area (Å²) < 4.78 is 6.82. The predicted molar refractivity (Wildman–Crippen MR) is 81.5 cm³/mol. The first-order chi connectivity index (χ1) is 10.1. The first-order valence-electron chi connectivity index (χ1n) is 6.82. The van der Waals surface area contributed by atoms with Crippen LogP contribution in [0.15, 0.2) is 24.4 Å². The Morgan fingerprint density at radius 3 is 2.81 bits per heavy atom. The zero-order valence-electron chi connectivity index (χ0n) is 11.5. The van der Waals surface area contributed by atoms with Crippen molar-refractivity contribution in [3.8, 4) is 5.69 Å². The summed E-state index contributed by atoms with van der Waals surface area (Å²) in [5, 5.41) is 5.40. The maximum absolute atomic E-state index is 12.1. The highest BCUT2D eigenvalue weighted by Crippen LogP contribution is 2.43. The number of nitrogens with zero attached hydrogens (tertiary/aromatic N) is 2. The number of halogens is 2. The number of hydrogen-bond donors (Lipinski definition) is 0. The molecule has 0 aliphatic heterocycles. The largest absolute Gasteiger partial charge is 0.462 e. The summed E-state index contributed by atoms with van der Waals surface area (Å²) in [5.74, 6) is -0.00520. The number of rotatable bonds is 4. The van der Waals surface area contributed by atoms with E-state index in [2.05, 4.69) is 5.10 Å². The molecule has 0 radical (unpaired) electrons. The summed E-state index contributed by atoms with van der Waals surface area (Å²) in [6.45, 7) is 2.13. The van der Waals surface area contributed by atoms with Crippen LogP contribution in [0.1, 0.15) is 41.7 Å². The minimum atomic E-state index is -0.337. The number of carbonyl (C=O) groups excluding carboxylic acids is 1. The normalized spacial score (nSPS) is 14.2. The van der Waals surface area contributed by atoms with Crippen molar-refractivity contribution < 1.29 is 9.53 Å². The average Bonchev–Trinajstić information content (AvgIpc) is 3.18.